The molecule has 3 saturated heterocycles. The molecule has 10 nitrogen and oxygen atoms in total. The summed E-state index contributed by atoms with van der Waals surface area (Å²) in [5.41, 5.74) is -0.695. The fourth-order valence-corrected chi connectivity index (χ4v) is 7.67. The highest BCUT2D eigenvalue weighted by Crippen LogP contribution is 2.34. The molecule has 0 spiro atoms. The lowest BCUT2D eigenvalue weighted by atomic mass is 10.0. The third kappa shape index (κ3) is 6.95. The van der Waals surface area contributed by atoms with Gasteiger partial charge in [-0.25, -0.2) is 13.6 Å². The summed E-state index contributed by atoms with van der Waals surface area (Å²) < 4.78 is 40.1. The summed E-state index contributed by atoms with van der Waals surface area (Å²) in [6.07, 6.45) is 1.92. The number of hydrogen-bond donors (Lipinski definition) is 2. The molecule has 3 aliphatic heterocycles. The number of hydroxylamine groups is 2. The van der Waals surface area contributed by atoms with Gasteiger partial charge in [-0.05, 0) is 26.0 Å². The van der Waals surface area contributed by atoms with Crippen molar-refractivity contribution in [2.24, 2.45) is 0 Å². The fraction of sp³-hybridized carbons (Fsp3) is 0.708. The molecule has 208 valence electrons. The van der Waals surface area contributed by atoms with Gasteiger partial charge in [-0.2, -0.15) is 9.37 Å². The van der Waals surface area contributed by atoms with E-state index in [-0.39, 0.29) is 47.2 Å². The summed E-state index contributed by atoms with van der Waals surface area (Å²) in [4.78, 5) is 16.9. The lowest BCUT2D eigenvalue weighted by molar-refractivity contribution is -1.09. The van der Waals surface area contributed by atoms with Crippen LogP contribution in [0.2, 0.25) is 10.0 Å². The van der Waals surface area contributed by atoms with Crippen molar-refractivity contribution in [3.05, 3.63) is 28.2 Å². The third-order valence-electron chi connectivity index (χ3n) is 7.36. The molecule has 0 radical (unpaired) electrons. The number of benzene rings is 1. The first-order valence-electron chi connectivity index (χ1n) is 12.7. The van der Waals surface area contributed by atoms with Crippen molar-refractivity contribution in [1.82, 2.24) is 14.1 Å². The number of quaternary nitrogens is 1. The molecule has 0 aliphatic carbocycles. The largest absolute Gasteiger partial charge is 0.372 e. The second kappa shape index (κ2) is 12.0. The standard InChI is InChI=1S/C24H36Cl2N4O6S/c1-24(2)17-30(37(33,34)21-5-3-4-20(25)23(21)26)19(15-36-24)14-35-16-22(31)28-12-10-27(11-13-28)18-6-8-29(32)9-7-18/h3-5,18-19,32H,6-17H2,1-2H3/p+1/t19-/m1/s1. The summed E-state index contributed by atoms with van der Waals surface area (Å²) in [5, 5.41) is 10.4. The lowest BCUT2D eigenvalue weighted by Gasteiger charge is -2.42. The molecule has 4 rings (SSSR count). The molecule has 2 N–H and O–H groups in total. The Hall–Kier alpha value is -1.02. The number of piperazine rings is 1. The van der Waals surface area contributed by atoms with Gasteiger partial charge < -0.3 is 14.4 Å². The molecule has 1 atom stereocenters. The topological polar surface area (TPSA) is 104 Å². The smallest absolute Gasteiger partial charge is 0.248 e. The number of ether oxygens (including phenoxy) is 2. The van der Waals surface area contributed by atoms with Gasteiger partial charge in [-0.3, -0.25) is 9.69 Å². The SMILES string of the molecule is CC1(C)CN(S(=O)(=O)c2cccc(Cl)c2Cl)[C@H](COCC(=O)N2CCN(C3CC[NH+](O)CC3)CC2)CO1. The highest BCUT2D eigenvalue weighted by molar-refractivity contribution is 7.89. The van der Waals surface area contributed by atoms with Crippen LogP contribution in [0.25, 0.3) is 0 Å². The van der Waals surface area contributed by atoms with E-state index in [1.807, 2.05) is 13.8 Å². The minimum absolute atomic E-state index is 0.0151. The summed E-state index contributed by atoms with van der Waals surface area (Å²) in [5.74, 6) is -0.112. The van der Waals surface area contributed by atoms with Crippen LogP contribution in [0.1, 0.15) is 26.7 Å². The number of halogens is 2. The van der Waals surface area contributed by atoms with Crippen molar-refractivity contribution >= 4 is 39.1 Å². The van der Waals surface area contributed by atoms with Crippen molar-refractivity contribution in [2.75, 3.05) is 65.6 Å². The molecule has 3 fully saturated rings. The number of nitrogens with zero attached hydrogens (tertiary/aromatic N) is 3. The van der Waals surface area contributed by atoms with Gasteiger partial charge in [0.1, 0.15) is 24.6 Å². The normalized spacial score (nSPS) is 27.8. The summed E-state index contributed by atoms with van der Waals surface area (Å²) in [7, 11) is -3.99. The van der Waals surface area contributed by atoms with Crippen LogP contribution in [-0.4, -0.2) is 117 Å². The predicted molar refractivity (Wildman–Crippen MR) is 139 cm³/mol. The molecule has 3 heterocycles. The van der Waals surface area contributed by atoms with E-state index in [1.54, 1.807) is 11.0 Å². The van der Waals surface area contributed by atoms with E-state index in [9.17, 15) is 18.4 Å². The molecule has 1 amide bonds. The zero-order chi connectivity index (χ0) is 26.8. The Kier molecular flexibility index (Phi) is 9.41. The number of rotatable bonds is 7. The van der Waals surface area contributed by atoms with Crippen LogP contribution in [0.15, 0.2) is 23.1 Å². The maximum Gasteiger partial charge on any atom is 0.248 e. The minimum Gasteiger partial charge on any atom is -0.372 e. The molecule has 0 aromatic heterocycles. The summed E-state index contributed by atoms with van der Waals surface area (Å²) in [6.45, 7) is 8.15. The first kappa shape index (κ1) is 29.0. The second-order valence-electron chi connectivity index (χ2n) is 10.6. The molecule has 0 unspecified atom stereocenters. The Morgan fingerprint density at radius 1 is 1.19 bits per heavy atom. The molecule has 0 bridgehead atoms. The number of carbonyl (C=O) groups is 1. The van der Waals surface area contributed by atoms with Crippen LogP contribution in [0.5, 0.6) is 0 Å². The lowest BCUT2D eigenvalue weighted by Crippen LogP contribution is -3.11. The van der Waals surface area contributed by atoms with Gasteiger partial charge in [0.15, 0.2) is 0 Å². The molecular formula is C24H37Cl2N4O6S+. The Labute approximate surface area is 229 Å². The van der Waals surface area contributed by atoms with Crippen LogP contribution in [0.3, 0.4) is 0 Å². The van der Waals surface area contributed by atoms with Crippen molar-refractivity contribution in [2.45, 2.75) is 49.3 Å². The summed E-state index contributed by atoms with van der Waals surface area (Å²) in [6, 6.07) is 4.36. The maximum atomic E-state index is 13.6. The van der Waals surface area contributed by atoms with Crippen LogP contribution < -0.4 is 5.06 Å². The van der Waals surface area contributed by atoms with E-state index in [4.69, 9.17) is 32.7 Å². The minimum atomic E-state index is -3.99. The highest BCUT2D eigenvalue weighted by Gasteiger charge is 2.42. The molecule has 1 aromatic rings. The Balaban J connectivity index is 1.32. The van der Waals surface area contributed by atoms with E-state index in [0.29, 0.717) is 24.2 Å². The number of piperidine rings is 1. The molecule has 13 heteroatoms. The zero-order valence-corrected chi connectivity index (χ0v) is 23.7. The van der Waals surface area contributed by atoms with Gasteiger partial charge in [0.05, 0.1) is 34.9 Å². The Morgan fingerprint density at radius 2 is 1.86 bits per heavy atom. The van der Waals surface area contributed by atoms with Gasteiger partial charge in [0, 0.05) is 51.6 Å². The number of morpholine rings is 1. The van der Waals surface area contributed by atoms with Crippen molar-refractivity contribution in [3.63, 3.8) is 0 Å². The van der Waals surface area contributed by atoms with Crippen LogP contribution in [-0.2, 0) is 24.3 Å². The number of hydrogen-bond acceptors (Lipinski definition) is 7. The monoisotopic (exact) mass is 579 g/mol. The Bertz CT molecular complexity index is 1060. The molecule has 1 aromatic carbocycles. The molecule has 3 aliphatic rings. The summed E-state index contributed by atoms with van der Waals surface area (Å²) >= 11 is 12.3. The Morgan fingerprint density at radius 3 is 2.54 bits per heavy atom. The van der Waals surface area contributed by atoms with E-state index in [2.05, 4.69) is 4.90 Å². The fourth-order valence-electron chi connectivity index (χ4n) is 5.19. The first-order chi connectivity index (χ1) is 17.5. The molecular weight excluding hydrogens is 543 g/mol. The van der Waals surface area contributed by atoms with Crippen molar-refractivity contribution in [3.8, 4) is 0 Å². The van der Waals surface area contributed by atoms with E-state index >= 15 is 0 Å². The number of carbonyl (C=O) groups excluding carboxylic acids is 1. The van der Waals surface area contributed by atoms with Crippen LogP contribution in [0.4, 0.5) is 0 Å². The van der Waals surface area contributed by atoms with E-state index in [0.717, 1.165) is 39.0 Å². The van der Waals surface area contributed by atoms with Crippen molar-refractivity contribution in [1.29, 1.82) is 0 Å². The van der Waals surface area contributed by atoms with Crippen LogP contribution in [0, 0.1) is 0 Å². The number of sulfonamides is 1. The third-order valence-corrected chi connectivity index (χ3v) is 10.2. The van der Waals surface area contributed by atoms with E-state index < -0.39 is 21.7 Å². The zero-order valence-electron chi connectivity index (χ0n) is 21.4. The number of nitrogens with one attached hydrogen (secondary N) is 1. The highest BCUT2D eigenvalue weighted by atomic mass is 35.5. The average Bonchev–Trinajstić information content (AvgIpc) is 2.86. The predicted octanol–water partition coefficient (Wildman–Crippen LogP) is 0.759. The maximum absolute atomic E-state index is 13.6. The average molecular weight is 581 g/mol. The van der Waals surface area contributed by atoms with Gasteiger partial charge in [-0.15, -0.1) is 0 Å². The van der Waals surface area contributed by atoms with Gasteiger partial charge in [0.2, 0.25) is 15.9 Å². The second-order valence-corrected chi connectivity index (χ2v) is 13.2. The quantitative estimate of drug-likeness (QED) is 0.491. The van der Waals surface area contributed by atoms with Gasteiger partial charge >= 0.3 is 0 Å². The molecule has 0 saturated carbocycles. The van der Waals surface area contributed by atoms with Gasteiger partial charge in [0.25, 0.3) is 0 Å². The van der Waals surface area contributed by atoms with Gasteiger partial charge in [-0.1, -0.05) is 29.3 Å². The number of amides is 1. The first-order valence-corrected chi connectivity index (χ1v) is 14.9. The van der Waals surface area contributed by atoms with E-state index in [1.165, 1.54) is 16.4 Å². The molecule has 37 heavy (non-hydrogen) atoms. The van der Waals surface area contributed by atoms with Crippen molar-refractivity contribution < 1.29 is 33.0 Å². The van der Waals surface area contributed by atoms with Crippen LogP contribution >= 0.6 is 23.2 Å².